The highest BCUT2D eigenvalue weighted by atomic mass is 19.1. The molecule has 86 valence electrons. The van der Waals surface area contributed by atoms with Gasteiger partial charge in [0.05, 0.1) is 6.61 Å². The van der Waals surface area contributed by atoms with Crippen LogP contribution >= 0.6 is 0 Å². The summed E-state index contributed by atoms with van der Waals surface area (Å²) in [6.45, 7) is -0.160. The number of aliphatic hydroxyl groups excluding tert-OH is 1. The number of hydrogen-bond donors (Lipinski definition) is 1. The van der Waals surface area contributed by atoms with Crippen molar-refractivity contribution >= 4 is 12.2 Å². The summed E-state index contributed by atoms with van der Waals surface area (Å²) in [5.41, 5.74) is 2.50. The average molecular weight is 228 g/mol. The smallest absolute Gasteiger partial charge is 0.123 e. The first-order valence-electron chi connectivity index (χ1n) is 5.42. The van der Waals surface area contributed by atoms with Crippen molar-refractivity contribution < 1.29 is 9.50 Å². The highest BCUT2D eigenvalue weighted by molar-refractivity contribution is 5.71. The van der Waals surface area contributed by atoms with Crippen molar-refractivity contribution in [1.82, 2.24) is 0 Å². The molecule has 0 saturated heterocycles. The summed E-state index contributed by atoms with van der Waals surface area (Å²) in [6.07, 6.45) is 3.81. The molecule has 1 N–H and O–H groups in total. The lowest BCUT2D eigenvalue weighted by Gasteiger charge is -2.02. The normalized spacial score (nSPS) is 10.9. The Hall–Kier alpha value is -1.93. The molecule has 0 fully saturated rings. The molecule has 2 heteroatoms. The largest absolute Gasteiger partial charge is 0.392 e. The van der Waals surface area contributed by atoms with Gasteiger partial charge in [0, 0.05) is 0 Å². The maximum atomic E-state index is 13.0. The molecule has 0 unspecified atom stereocenters. The van der Waals surface area contributed by atoms with Crippen LogP contribution in [0.3, 0.4) is 0 Å². The van der Waals surface area contributed by atoms with Gasteiger partial charge in [-0.25, -0.2) is 4.39 Å². The Labute approximate surface area is 99.9 Å². The van der Waals surface area contributed by atoms with E-state index in [4.69, 9.17) is 5.11 Å². The fourth-order valence-corrected chi connectivity index (χ4v) is 1.62. The van der Waals surface area contributed by atoms with Crippen molar-refractivity contribution in [1.29, 1.82) is 0 Å². The molecular formula is C15H13FO. The summed E-state index contributed by atoms with van der Waals surface area (Å²) in [5, 5.41) is 9.14. The quantitative estimate of drug-likeness (QED) is 0.797. The van der Waals surface area contributed by atoms with Crippen LogP contribution in [0.15, 0.2) is 48.5 Å². The Morgan fingerprint density at radius 3 is 2.47 bits per heavy atom. The van der Waals surface area contributed by atoms with Crippen molar-refractivity contribution in [3.63, 3.8) is 0 Å². The first-order chi connectivity index (χ1) is 8.29. The van der Waals surface area contributed by atoms with E-state index in [0.717, 1.165) is 11.1 Å². The zero-order chi connectivity index (χ0) is 12.1. The lowest BCUT2D eigenvalue weighted by Crippen LogP contribution is -1.89. The van der Waals surface area contributed by atoms with Gasteiger partial charge in [0.2, 0.25) is 0 Å². The molecule has 2 rings (SSSR count). The topological polar surface area (TPSA) is 20.2 Å². The van der Waals surface area contributed by atoms with Gasteiger partial charge in [-0.1, -0.05) is 48.6 Å². The number of benzene rings is 2. The van der Waals surface area contributed by atoms with Crippen molar-refractivity contribution in [3.05, 3.63) is 71.0 Å². The van der Waals surface area contributed by atoms with Gasteiger partial charge in [-0.15, -0.1) is 0 Å². The van der Waals surface area contributed by atoms with Gasteiger partial charge in [0.15, 0.2) is 0 Å². The maximum Gasteiger partial charge on any atom is 0.123 e. The second kappa shape index (κ2) is 5.41. The summed E-state index contributed by atoms with van der Waals surface area (Å²) < 4.78 is 13.0. The van der Waals surface area contributed by atoms with E-state index in [2.05, 4.69) is 0 Å². The summed E-state index contributed by atoms with van der Waals surface area (Å²) in [7, 11) is 0. The van der Waals surface area contributed by atoms with Crippen molar-refractivity contribution in [2.45, 2.75) is 6.61 Å². The molecule has 17 heavy (non-hydrogen) atoms. The molecule has 0 heterocycles. The van der Waals surface area contributed by atoms with E-state index in [1.165, 1.54) is 12.1 Å². The van der Waals surface area contributed by atoms with Crippen molar-refractivity contribution in [2.24, 2.45) is 0 Å². The summed E-state index contributed by atoms with van der Waals surface area (Å²) in [6, 6.07) is 14.2. The molecule has 2 aromatic carbocycles. The summed E-state index contributed by atoms with van der Waals surface area (Å²) in [4.78, 5) is 0. The van der Waals surface area contributed by atoms with Crippen LogP contribution in [0.1, 0.15) is 16.7 Å². The van der Waals surface area contributed by atoms with Crippen LogP contribution in [0.2, 0.25) is 0 Å². The monoisotopic (exact) mass is 228 g/mol. The van der Waals surface area contributed by atoms with Gasteiger partial charge >= 0.3 is 0 Å². The van der Waals surface area contributed by atoms with Crippen LogP contribution in [0.5, 0.6) is 0 Å². The molecule has 0 aliphatic carbocycles. The SMILES string of the molecule is OCc1cc(F)ccc1/C=C/c1ccccc1. The van der Waals surface area contributed by atoms with Gasteiger partial charge in [-0.3, -0.25) is 0 Å². The molecule has 0 bridgehead atoms. The molecule has 2 aromatic rings. The predicted molar refractivity (Wildman–Crippen MR) is 67.7 cm³/mol. The fraction of sp³-hybridized carbons (Fsp3) is 0.0667. The second-order valence-corrected chi connectivity index (χ2v) is 3.75. The van der Waals surface area contributed by atoms with E-state index in [-0.39, 0.29) is 12.4 Å². The first-order valence-corrected chi connectivity index (χ1v) is 5.42. The fourth-order valence-electron chi connectivity index (χ4n) is 1.62. The maximum absolute atomic E-state index is 13.0. The zero-order valence-electron chi connectivity index (χ0n) is 9.31. The average Bonchev–Trinajstić information content (AvgIpc) is 2.38. The van der Waals surface area contributed by atoms with Crippen LogP contribution in [-0.2, 0) is 6.61 Å². The Bertz CT molecular complexity index is 518. The number of hydrogen-bond acceptors (Lipinski definition) is 1. The molecule has 0 radical (unpaired) electrons. The molecule has 0 saturated carbocycles. The number of aliphatic hydroxyl groups is 1. The van der Waals surface area contributed by atoms with Gasteiger partial charge in [-0.2, -0.15) is 0 Å². The van der Waals surface area contributed by atoms with Gasteiger partial charge in [0.25, 0.3) is 0 Å². The minimum absolute atomic E-state index is 0.160. The molecule has 0 atom stereocenters. The van der Waals surface area contributed by atoms with E-state index in [9.17, 15) is 4.39 Å². The lowest BCUT2D eigenvalue weighted by atomic mass is 10.1. The molecule has 1 nitrogen and oxygen atoms in total. The minimum Gasteiger partial charge on any atom is -0.392 e. The van der Waals surface area contributed by atoms with Gasteiger partial charge in [-0.05, 0) is 28.8 Å². The lowest BCUT2D eigenvalue weighted by molar-refractivity contribution is 0.281. The van der Waals surface area contributed by atoms with E-state index in [1.807, 2.05) is 42.5 Å². The molecule has 0 aliphatic heterocycles. The molecule has 0 aromatic heterocycles. The highest BCUT2D eigenvalue weighted by Gasteiger charge is 1.99. The van der Waals surface area contributed by atoms with Crippen LogP contribution < -0.4 is 0 Å². The van der Waals surface area contributed by atoms with E-state index < -0.39 is 0 Å². The van der Waals surface area contributed by atoms with E-state index in [0.29, 0.717) is 5.56 Å². The Balaban J connectivity index is 2.27. The van der Waals surface area contributed by atoms with Crippen molar-refractivity contribution in [2.75, 3.05) is 0 Å². The predicted octanol–water partition coefficient (Wildman–Crippen LogP) is 3.49. The van der Waals surface area contributed by atoms with Crippen LogP contribution in [0.4, 0.5) is 4.39 Å². The van der Waals surface area contributed by atoms with E-state index >= 15 is 0 Å². The summed E-state index contributed by atoms with van der Waals surface area (Å²) >= 11 is 0. The molecular weight excluding hydrogens is 215 g/mol. The third kappa shape index (κ3) is 3.02. The third-order valence-corrected chi connectivity index (χ3v) is 2.53. The Morgan fingerprint density at radius 1 is 1.00 bits per heavy atom. The highest BCUT2D eigenvalue weighted by Crippen LogP contribution is 2.15. The van der Waals surface area contributed by atoms with Gasteiger partial charge in [0.1, 0.15) is 5.82 Å². The van der Waals surface area contributed by atoms with E-state index in [1.54, 1.807) is 6.07 Å². The Kier molecular flexibility index (Phi) is 3.68. The van der Waals surface area contributed by atoms with Gasteiger partial charge < -0.3 is 5.11 Å². The van der Waals surface area contributed by atoms with Crippen LogP contribution in [0, 0.1) is 5.82 Å². The Morgan fingerprint density at radius 2 is 1.76 bits per heavy atom. The van der Waals surface area contributed by atoms with Crippen LogP contribution in [0.25, 0.3) is 12.2 Å². The molecule has 0 spiro atoms. The first kappa shape index (κ1) is 11.6. The molecule has 0 aliphatic rings. The third-order valence-electron chi connectivity index (χ3n) is 2.53. The summed E-state index contributed by atoms with van der Waals surface area (Å²) in [5.74, 6) is -0.328. The van der Waals surface area contributed by atoms with Crippen molar-refractivity contribution in [3.8, 4) is 0 Å². The number of rotatable bonds is 3. The molecule has 0 amide bonds. The number of halogens is 1. The standard InChI is InChI=1S/C15H13FO/c16-15-9-8-13(14(10-15)11-17)7-6-12-4-2-1-3-5-12/h1-10,17H,11H2/b7-6+. The minimum atomic E-state index is -0.328. The zero-order valence-corrected chi connectivity index (χ0v) is 9.31. The van der Waals surface area contributed by atoms with Crippen LogP contribution in [-0.4, -0.2) is 5.11 Å². The second-order valence-electron chi connectivity index (χ2n) is 3.75.